The molecule has 1 aromatic rings. The van der Waals surface area contributed by atoms with Crippen molar-refractivity contribution >= 4 is 0 Å². The van der Waals surface area contributed by atoms with Gasteiger partial charge in [-0.15, -0.1) is 0 Å². The smallest absolute Gasteiger partial charge is 0.118 e. The van der Waals surface area contributed by atoms with Crippen LogP contribution in [0.3, 0.4) is 0 Å². The molecule has 0 atom stereocenters. The third-order valence-corrected chi connectivity index (χ3v) is 1.73. The summed E-state index contributed by atoms with van der Waals surface area (Å²) in [5.74, 6) is 0.368. The summed E-state index contributed by atoms with van der Waals surface area (Å²) in [6, 6.07) is 7.25. The predicted octanol–water partition coefficient (Wildman–Crippen LogP) is 3.13. The number of hydrogen-bond acceptors (Lipinski definition) is 2. The van der Waals surface area contributed by atoms with Crippen LogP contribution in [0.2, 0.25) is 0 Å². The fraction of sp³-hybridized carbons (Fsp3) is 0.500. The van der Waals surface area contributed by atoms with Crippen molar-refractivity contribution in [3.05, 3.63) is 29.8 Å². The van der Waals surface area contributed by atoms with Crippen molar-refractivity contribution in [2.45, 2.75) is 33.3 Å². The van der Waals surface area contributed by atoms with Crippen molar-refractivity contribution in [2.24, 2.45) is 0 Å². The summed E-state index contributed by atoms with van der Waals surface area (Å²) in [4.78, 5) is 0. The SMILES string of the molecule is COC(C)(C)C.Cc1ccccc1O. The first-order chi connectivity index (χ1) is 6.37. The second-order valence-corrected chi connectivity index (χ2v) is 4.10. The first kappa shape index (κ1) is 13.0. The summed E-state index contributed by atoms with van der Waals surface area (Å²) in [5.41, 5.74) is 0.965. The van der Waals surface area contributed by atoms with Crippen LogP contribution in [0.15, 0.2) is 24.3 Å². The van der Waals surface area contributed by atoms with Gasteiger partial charge in [0.05, 0.1) is 5.60 Å². The van der Waals surface area contributed by atoms with E-state index in [0.29, 0.717) is 5.75 Å². The van der Waals surface area contributed by atoms with E-state index in [2.05, 4.69) is 0 Å². The van der Waals surface area contributed by atoms with Gasteiger partial charge in [-0.05, 0) is 39.3 Å². The number of phenols is 1. The lowest BCUT2D eigenvalue weighted by molar-refractivity contribution is 0.0397. The second-order valence-electron chi connectivity index (χ2n) is 4.10. The van der Waals surface area contributed by atoms with Crippen molar-refractivity contribution in [3.8, 4) is 5.75 Å². The highest BCUT2D eigenvalue weighted by Crippen LogP contribution is 2.12. The maximum absolute atomic E-state index is 8.92. The molecule has 0 spiro atoms. The van der Waals surface area contributed by atoms with Gasteiger partial charge in [-0.1, -0.05) is 18.2 Å². The van der Waals surface area contributed by atoms with Crippen molar-refractivity contribution in [3.63, 3.8) is 0 Å². The van der Waals surface area contributed by atoms with Gasteiger partial charge in [0.25, 0.3) is 0 Å². The second kappa shape index (κ2) is 5.66. The Labute approximate surface area is 86.5 Å². The minimum absolute atomic E-state index is 0.0417. The molecule has 0 radical (unpaired) electrons. The molecule has 0 saturated carbocycles. The summed E-state index contributed by atoms with van der Waals surface area (Å²) in [6.07, 6.45) is 0. The maximum atomic E-state index is 8.92. The van der Waals surface area contributed by atoms with Gasteiger partial charge in [0.15, 0.2) is 0 Å². The average molecular weight is 196 g/mol. The Morgan fingerprint density at radius 2 is 1.57 bits per heavy atom. The highest BCUT2D eigenvalue weighted by Gasteiger charge is 2.03. The fourth-order valence-electron chi connectivity index (χ4n) is 0.563. The largest absolute Gasteiger partial charge is 0.508 e. The zero-order valence-electron chi connectivity index (χ0n) is 9.66. The molecule has 0 aromatic heterocycles. The number of benzene rings is 1. The number of aromatic hydroxyl groups is 1. The maximum Gasteiger partial charge on any atom is 0.118 e. The van der Waals surface area contributed by atoms with Crippen molar-refractivity contribution < 1.29 is 9.84 Å². The molecular weight excluding hydrogens is 176 g/mol. The average Bonchev–Trinajstić information content (AvgIpc) is 2.10. The van der Waals surface area contributed by atoms with Crippen LogP contribution < -0.4 is 0 Å². The summed E-state index contributed by atoms with van der Waals surface area (Å²) in [5, 5.41) is 8.92. The standard InChI is InChI=1S/C7H8O.C5H12O/c1-6-4-2-3-5-7(6)8;1-5(2,3)6-4/h2-5,8H,1H3;1-4H3. The first-order valence-corrected chi connectivity index (χ1v) is 4.66. The zero-order valence-corrected chi connectivity index (χ0v) is 9.66. The van der Waals surface area contributed by atoms with Crippen LogP contribution in [-0.4, -0.2) is 17.8 Å². The minimum atomic E-state index is 0.0417. The highest BCUT2D eigenvalue weighted by molar-refractivity contribution is 5.29. The van der Waals surface area contributed by atoms with E-state index in [-0.39, 0.29) is 5.60 Å². The summed E-state index contributed by atoms with van der Waals surface area (Å²) < 4.78 is 4.94. The van der Waals surface area contributed by atoms with Gasteiger partial charge in [-0.2, -0.15) is 0 Å². The zero-order chi connectivity index (χ0) is 11.2. The molecule has 0 aliphatic carbocycles. The number of phenolic OH excluding ortho intramolecular Hbond substituents is 1. The number of methoxy groups -OCH3 is 1. The lowest BCUT2D eigenvalue weighted by atomic mass is 10.2. The first-order valence-electron chi connectivity index (χ1n) is 4.66. The Morgan fingerprint density at radius 1 is 1.14 bits per heavy atom. The van der Waals surface area contributed by atoms with E-state index in [9.17, 15) is 0 Å². The molecule has 0 aliphatic heterocycles. The molecule has 1 N–H and O–H groups in total. The van der Waals surface area contributed by atoms with Gasteiger partial charge in [-0.3, -0.25) is 0 Å². The topological polar surface area (TPSA) is 29.5 Å². The summed E-state index contributed by atoms with van der Waals surface area (Å²) in [7, 11) is 1.71. The molecule has 1 aromatic carbocycles. The Hall–Kier alpha value is -1.02. The molecule has 80 valence electrons. The molecule has 0 unspecified atom stereocenters. The molecule has 0 saturated heterocycles. The molecule has 2 nitrogen and oxygen atoms in total. The van der Waals surface area contributed by atoms with E-state index >= 15 is 0 Å². The number of ether oxygens (including phenoxy) is 1. The minimum Gasteiger partial charge on any atom is -0.508 e. The van der Waals surface area contributed by atoms with Crippen LogP contribution >= 0.6 is 0 Å². The van der Waals surface area contributed by atoms with Crippen molar-refractivity contribution in [1.82, 2.24) is 0 Å². The van der Waals surface area contributed by atoms with Gasteiger partial charge >= 0.3 is 0 Å². The third kappa shape index (κ3) is 6.49. The van der Waals surface area contributed by atoms with Gasteiger partial charge in [0, 0.05) is 7.11 Å². The van der Waals surface area contributed by atoms with Crippen LogP contribution in [0.1, 0.15) is 26.3 Å². The predicted molar refractivity (Wildman–Crippen MR) is 59.6 cm³/mol. The van der Waals surface area contributed by atoms with E-state index in [1.165, 1.54) is 0 Å². The Bertz CT molecular complexity index is 240. The molecule has 0 heterocycles. The van der Waals surface area contributed by atoms with Gasteiger partial charge < -0.3 is 9.84 Å². The summed E-state index contributed by atoms with van der Waals surface area (Å²) >= 11 is 0. The van der Waals surface area contributed by atoms with Crippen LogP contribution in [0.4, 0.5) is 0 Å². The van der Waals surface area contributed by atoms with E-state index in [1.54, 1.807) is 13.2 Å². The van der Waals surface area contributed by atoms with E-state index in [1.807, 2.05) is 45.9 Å². The van der Waals surface area contributed by atoms with Gasteiger partial charge in [0.2, 0.25) is 0 Å². The molecule has 0 aliphatic rings. The van der Waals surface area contributed by atoms with Crippen molar-refractivity contribution in [1.29, 1.82) is 0 Å². The van der Waals surface area contributed by atoms with Crippen molar-refractivity contribution in [2.75, 3.05) is 7.11 Å². The number of aryl methyl sites for hydroxylation is 1. The molecule has 14 heavy (non-hydrogen) atoms. The summed E-state index contributed by atoms with van der Waals surface area (Å²) in [6.45, 7) is 7.93. The van der Waals surface area contributed by atoms with E-state index in [0.717, 1.165) is 5.56 Å². The number of para-hydroxylation sites is 1. The Morgan fingerprint density at radius 3 is 1.79 bits per heavy atom. The third-order valence-electron chi connectivity index (χ3n) is 1.73. The lowest BCUT2D eigenvalue weighted by Gasteiger charge is -2.14. The Kier molecular flexibility index (Phi) is 5.24. The van der Waals surface area contributed by atoms with Gasteiger partial charge in [0.1, 0.15) is 5.75 Å². The Balaban J connectivity index is 0.000000255. The number of hydrogen-bond donors (Lipinski definition) is 1. The number of rotatable bonds is 0. The molecule has 0 fully saturated rings. The quantitative estimate of drug-likeness (QED) is 0.690. The molecule has 0 bridgehead atoms. The molecule has 2 heteroatoms. The highest BCUT2D eigenvalue weighted by atomic mass is 16.5. The fourth-order valence-corrected chi connectivity index (χ4v) is 0.563. The van der Waals surface area contributed by atoms with Crippen LogP contribution in [0.5, 0.6) is 5.75 Å². The van der Waals surface area contributed by atoms with E-state index < -0.39 is 0 Å². The lowest BCUT2D eigenvalue weighted by Crippen LogP contribution is -2.15. The van der Waals surface area contributed by atoms with Crippen LogP contribution in [0.25, 0.3) is 0 Å². The van der Waals surface area contributed by atoms with E-state index in [4.69, 9.17) is 9.84 Å². The normalized spacial score (nSPS) is 10.4. The monoisotopic (exact) mass is 196 g/mol. The van der Waals surface area contributed by atoms with Gasteiger partial charge in [-0.25, -0.2) is 0 Å². The van der Waals surface area contributed by atoms with Crippen LogP contribution in [-0.2, 0) is 4.74 Å². The molecular formula is C12H20O2. The molecule has 1 rings (SSSR count). The molecule has 0 amide bonds. The van der Waals surface area contributed by atoms with Crippen LogP contribution in [0, 0.1) is 6.92 Å².